The standard InChI is InChI=1S/C15H15ClN4OS/c16-12-6-7-17-13(10-12)15(21)19-9-8-18-14(20-22)11-4-2-1-3-5-11/h1-7,10,22H,8-9H2,(H,18,20)(H,19,21). The van der Waals surface area contributed by atoms with Gasteiger partial charge in [0.2, 0.25) is 0 Å². The highest BCUT2D eigenvalue weighted by atomic mass is 35.5. The summed E-state index contributed by atoms with van der Waals surface area (Å²) < 4.78 is 2.75. The number of rotatable bonds is 5. The molecule has 2 aromatic rings. The van der Waals surface area contributed by atoms with Gasteiger partial charge in [-0.15, -0.1) is 0 Å². The highest BCUT2D eigenvalue weighted by molar-refractivity contribution is 7.78. The largest absolute Gasteiger partial charge is 0.349 e. The van der Waals surface area contributed by atoms with Crippen molar-refractivity contribution in [3.8, 4) is 0 Å². The summed E-state index contributed by atoms with van der Waals surface area (Å²) in [6.07, 6.45) is 1.49. The van der Waals surface area contributed by atoms with Gasteiger partial charge in [-0.3, -0.25) is 14.8 Å². The maximum Gasteiger partial charge on any atom is 0.269 e. The molecule has 0 bridgehead atoms. The van der Waals surface area contributed by atoms with Crippen LogP contribution in [0.4, 0.5) is 0 Å². The lowest BCUT2D eigenvalue weighted by molar-refractivity contribution is 0.0950. The van der Waals surface area contributed by atoms with Crippen molar-refractivity contribution < 1.29 is 4.79 Å². The molecule has 1 amide bonds. The van der Waals surface area contributed by atoms with Crippen molar-refractivity contribution in [3.05, 3.63) is 64.9 Å². The van der Waals surface area contributed by atoms with Crippen molar-refractivity contribution in [1.82, 2.24) is 15.0 Å². The third-order valence-electron chi connectivity index (χ3n) is 2.78. The minimum atomic E-state index is -0.280. The Labute approximate surface area is 139 Å². The Balaban J connectivity index is 1.88. The van der Waals surface area contributed by atoms with Crippen LogP contribution in [-0.2, 0) is 0 Å². The Hall–Kier alpha value is -2.05. The van der Waals surface area contributed by atoms with Crippen LogP contribution in [0.25, 0.3) is 0 Å². The number of hydrogen-bond acceptors (Lipinski definition) is 4. The van der Waals surface area contributed by atoms with Crippen LogP contribution < -0.4 is 10.0 Å². The number of aromatic nitrogens is 1. The molecule has 1 heterocycles. The molecule has 0 unspecified atom stereocenters. The SMILES string of the molecule is O=C(NCCN=C(NS)c1ccccc1)c1cc(Cl)ccn1. The molecule has 2 N–H and O–H groups in total. The molecule has 1 aromatic heterocycles. The number of thiol groups is 1. The Morgan fingerprint density at radius 3 is 2.73 bits per heavy atom. The third kappa shape index (κ3) is 4.75. The van der Waals surface area contributed by atoms with E-state index in [9.17, 15) is 4.79 Å². The molecule has 0 aliphatic rings. The maximum atomic E-state index is 11.9. The van der Waals surface area contributed by atoms with Gasteiger partial charge in [-0.25, -0.2) is 0 Å². The summed E-state index contributed by atoms with van der Waals surface area (Å²) in [7, 11) is 0. The Kier molecular flexibility index (Phi) is 6.24. The van der Waals surface area contributed by atoms with Crippen molar-refractivity contribution in [2.24, 2.45) is 4.99 Å². The normalized spacial score (nSPS) is 11.1. The molecule has 0 spiro atoms. The summed E-state index contributed by atoms with van der Waals surface area (Å²) in [5.41, 5.74) is 1.22. The molecule has 5 nitrogen and oxygen atoms in total. The van der Waals surface area contributed by atoms with E-state index in [1.165, 1.54) is 12.3 Å². The molecule has 22 heavy (non-hydrogen) atoms. The van der Waals surface area contributed by atoms with Gasteiger partial charge in [0.25, 0.3) is 5.91 Å². The Morgan fingerprint density at radius 2 is 2.05 bits per heavy atom. The molecule has 1 aromatic carbocycles. The number of amides is 1. The van der Waals surface area contributed by atoms with Crippen LogP contribution in [0.1, 0.15) is 16.1 Å². The molecule has 0 aliphatic carbocycles. The van der Waals surface area contributed by atoms with Crippen molar-refractivity contribution in [1.29, 1.82) is 0 Å². The smallest absolute Gasteiger partial charge is 0.269 e. The molecule has 0 saturated heterocycles. The quantitative estimate of drug-likeness (QED) is 0.340. The maximum absolute atomic E-state index is 11.9. The second kappa shape index (κ2) is 8.41. The molecule has 0 fully saturated rings. The van der Waals surface area contributed by atoms with Gasteiger partial charge in [-0.2, -0.15) is 0 Å². The van der Waals surface area contributed by atoms with Crippen LogP contribution in [0.15, 0.2) is 53.7 Å². The lowest BCUT2D eigenvalue weighted by Gasteiger charge is -2.06. The highest BCUT2D eigenvalue weighted by Crippen LogP contribution is 2.07. The van der Waals surface area contributed by atoms with E-state index in [0.29, 0.717) is 23.9 Å². The summed E-state index contributed by atoms with van der Waals surface area (Å²) >= 11 is 9.87. The first-order valence-electron chi connectivity index (χ1n) is 6.60. The first kappa shape index (κ1) is 16.3. The number of hydrogen-bond donors (Lipinski definition) is 3. The Bertz CT molecular complexity index is 664. The third-order valence-corrected chi connectivity index (χ3v) is 3.22. The summed E-state index contributed by atoms with van der Waals surface area (Å²) in [6, 6.07) is 12.8. The topological polar surface area (TPSA) is 66.4 Å². The number of nitrogens with zero attached hydrogens (tertiary/aromatic N) is 2. The number of amidine groups is 1. The van der Waals surface area contributed by atoms with E-state index in [1.54, 1.807) is 6.07 Å². The molecule has 0 saturated carbocycles. The number of halogens is 1. The van der Waals surface area contributed by atoms with Crippen molar-refractivity contribution in [2.75, 3.05) is 13.1 Å². The molecule has 0 radical (unpaired) electrons. The van der Waals surface area contributed by atoms with E-state index >= 15 is 0 Å². The van der Waals surface area contributed by atoms with Crippen LogP contribution >= 0.6 is 24.4 Å². The second-order valence-corrected chi connectivity index (χ2v) is 4.98. The van der Waals surface area contributed by atoms with Crippen LogP contribution in [0.2, 0.25) is 5.02 Å². The first-order valence-corrected chi connectivity index (χ1v) is 7.43. The number of carbonyl (C=O) groups excluding carboxylic acids is 1. The number of nitrogens with one attached hydrogen (secondary N) is 2. The van der Waals surface area contributed by atoms with Gasteiger partial charge >= 0.3 is 0 Å². The lowest BCUT2D eigenvalue weighted by Crippen LogP contribution is -2.27. The summed E-state index contributed by atoms with van der Waals surface area (Å²) in [4.78, 5) is 20.2. The van der Waals surface area contributed by atoms with Gasteiger partial charge in [0.15, 0.2) is 0 Å². The fraction of sp³-hybridized carbons (Fsp3) is 0.133. The molecule has 2 rings (SSSR count). The lowest BCUT2D eigenvalue weighted by atomic mass is 10.2. The van der Waals surface area contributed by atoms with Gasteiger partial charge in [0, 0.05) is 23.3 Å². The van der Waals surface area contributed by atoms with Crippen molar-refractivity contribution in [2.45, 2.75) is 0 Å². The fourth-order valence-electron chi connectivity index (χ4n) is 1.74. The van der Waals surface area contributed by atoms with E-state index in [0.717, 1.165) is 5.56 Å². The molecule has 0 aliphatic heterocycles. The molecule has 114 valence electrons. The van der Waals surface area contributed by atoms with Crippen molar-refractivity contribution >= 4 is 36.2 Å². The summed E-state index contributed by atoms with van der Waals surface area (Å²) in [5.74, 6) is 0.372. The van der Waals surface area contributed by atoms with Crippen LogP contribution in [0, 0.1) is 0 Å². The zero-order valence-electron chi connectivity index (χ0n) is 11.7. The fourth-order valence-corrected chi connectivity index (χ4v) is 2.10. The van der Waals surface area contributed by atoms with E-state index in [2.05, 4.69) is 32.8 Å². The number of aliphatic imine (C=N–C) groups is 1. The van der Waals surface area contributed by atoms with Gasteiger partial charge in [0.1, 0.15) is 11.5 Å². The zero-order chi connectivity index (χ0) is 15.8. The van der Waals surface area contributed by atoms with Crippen LogP contribution in [-0.4, -0.2) is 29.8 Å². The summed E-state index contributed by atoms with van der Waals surface area (Å²) in [6.45, 7) is 0.808. The van der Waals surface area contributed by atoms with Gasteiger partial charge in [-0.05, 0) is 12.1 Å². The van der Waals surface area contributed by atoms with Gasteiger partial charge in [0.05, 0.1) is 6.54 Å². The van der Waals surface area contributed by atoms with E-state index < -0.39 is 0 Å². The van der Waals surface area contributed by atoms with E-state index in [1.807, 2.05) is 30.3 Å². The number of pyridine rings is 1. The highest BCUT2D eigenvalue weighted by Gasteiger charge is 2.06. The second-order valence-electron chi connectivity index (χ2n) is 4.32. The van der Waals surface area contributed by atoms with E-state index in [-0.39, 0.29) is 11.6 Å². The van der Waals surface area contributed by atoms with Gasteiger partial charge in [-0.1, -0.05) is 54.7 Å². The minimum absolute atomic E-state index is 0.280. The summed E-state index contributed by atoms with van der Waals surface area (Å²) in [5, 5.41) is 3.21. The molecule has 7 heteroatoms. The Morgan fingerprint density at radius 1 is 1.27 bits per heavy atom. The van der Waals surface area contributed by atoms with Crippen LogP contribution in [0.5, 0.6) is 0 Å². The zero-order valence-corrected chi connectivity index (χ0v) is 13.3. The van der Waals surface area contributed by atoms with Crippen molar-refractivity contribution in [3.63, 3.8) is 0 Å². The van der Waals surface area contributed by atoms with Crippen LogP contribution in [0.3, 0.4) is 0 Å². The number of benzene rings is 1. The molecular weight excluding hydrogens is 320 g/mol. The van der Waals surface area contributed by atoms with Gasteiger partial charge < -0.3 is 10.0 Å². The van der Waals surface area contributed by atoms with E-state index in [4.69, 9.17) is 11.6 Å². The average molecular weight is 335 g/mol. The average Bonchev–Trinajstić information content (AvgIpc) is 2.55. The molecular formula is C15H15ClN4OS. The minimum Gasteiger partial charge on any atom is -0.349 e. The molecule has 0 atom stereocenters. The predicted octanol–water partition coefficient (Wildman–Crippen LogP) is 2.35. The monoisotopic (exact) mass is 334 g/mol. The number of carbonyl (C=O) groups is 1. The predicted molar refractivity (Wildman–Crippen MR) is 91.5 cm³/mol. The first-order chi connectivity index (χ1) is 10.7.